The molecule has 0 unspecified atom stereocenters. The summed E-state index contributed by atoms with van der Waals surface area (Å²) in [7, 11) is 0. The van der Waals surface area contributed by atoms with E-state index in [2.05, 4.69) is 22.1 Å². The third kappa shape index (κ3) is 2.62. The smallest absolute Gasteiger partial charge is 0.151 e. The van der Waals surface area contributed by atoms with Gasteiger partial charge in [0, 0.05) is 12.8 Å². The van der Waals surface area contributed by atoms with Crippen molar-refractivity contribution in [1.29, 1.82) is 0 Å². The van der Waals surface area contributed by atoms with Crippen molar-refractivity contribution in [2.24, 2.45) is 5.73 Å². The number of nitrogens with one attached hydrogen (secondary N) is 1. The molecule has 4 heteroatoms. The van der Waals surface area contributed by atoms with Crippen molar-refractivity contribution in [2.45, 2.75) is 32.6 Å². The van der Waals surface area contributed by atoms with Gasteiger partial charge in [-0.05, 0) is 13.0 Å². The molecule has 4 nitrogen and oxygen atoms in total. The zero-order chi connectivity index (χ0) is 8.81. The highest BCUT2D eigenvalue weighted by molar-refractivity contribution is 4.90. The maximum Gasteiger partial charge on any atom is 0.151 e. The van der Waals surface area contributed by atoms with Gasteiger partial charge in [-0.1, -0.05) is 13.3 Å². The first-order chi connectivity index (χ1) is 5.86. The summed E-state index contributed by atoms with van der Waals surface area (Å²) >= 11 is 0. The van der Waals surface area contributed by atoms with Crippen molar-refractivity contribution in [3.05, 3.63) is 11.6 Å². The number of aryl methyl sites for hydroxylation is 1. The highest BCUT2D eigenvalue weighted by atomic mass is 15.2. The first-order valence-electron chi connectivity index (χ1n) is 4.47. The molecule has 0 saturated heterocycles. The highest BCUT2D eigenvalue weighted by Crippen LogP contribution is 1.99. The Bertz CT molecular complexity index is 219. The van der Waals surface area contributed by atoms with Crippen molar-refractivity contribution >= 4 is 0 Å². The molecule has 0 amide bonds. The summed E-state index contributed by atoms with van der Waals surface area (Å²) in [6, 6.07) is 0. The molecule has 68 valence electrons. The first kappa shape index (κ1) is 9.19. The molecule has 1 aromatic rings. The monoisotopic (exact) mass is 168 g/mol. The van der Waals surface area contributed by atoms with E-state index < -0.39 is 0 Å². The molecule has 1 rings (SSSR count). The van der Waals surface area contributed by atoms with Crippen LogP contribution in [0.4, 0.5) is 0 Å². The van der Waals surface area contributed by atoms with E-state index in [9.17, 15) is 0 Å². The van der Waals surface area contributed by atoms with Crippen LogP contribution in [0.25, 0.3) is 0 Å². The lowest BCUT2D eigenvalue weighted by atomic mass is 10.2. The normalized spacial score (nSPS) is 10.5. The second-order valence-electron chi connectivity index (χ2n) is 2.84. The third-order valence-electron chi connectivity index (χ3n) is 1.71. The fourth-order valence-corrected chi connectivity index (χ4v) is 1.03. The van der Waals surface area contributed by atoms with Crippen molar-refractivity contribution in [2.75, 3.05) is 6.54 Å². The molecule has 12 heavy (non-hydrogen) atoms. The predicted octanol–water partition coefficient (Wildman–Crippen LogP) is 0.649. The van der Waals surface area contributed by atoms with Gasteiger partial charge in [0.2, 0.25) is 0 Å². The van der Waals surface area contributed by atoms with E-state index in [0.29, 0.717) is 6.54 Å². The SMILES string of the molecule is CCCCc1nc(CCN)n[nH]1. The van der Waals surface area contributed by atoms with Gasteiger partial charge in [0.1, 0.15) is 5.82 Å². The quantitative estimate of drug-likeness (QED) is 0.678. The topological polar surface area (TPSA) is 67.6 Å². The number of nitrogens with two attached hydrogens (primary N) is 1. The van der Waals surface area contributed by atoms with Gasteiger partial charge >= 0.3 is 0 Å². The van der Waals surface area contributed by atoms with E-state index in [-0.39, 0.29) is 0 Å². The zero-order valence-corrected chi connectivity index (χ0v) is 7.51. The molecule has 0 aliphatic carbocycles. The van der Waals surface area contributed by atoms with E-state index >= 15 is 0 Å². The maximum absolute atomic E-state index is 5.38. The van der Waals surface area contributed by atoms with Gasteiger partial charge in [-0.25, -0.2) is 4.98 Å². The van der Waals surface area contributed by atoms with Gasteiger partial charge in [-0.3, -0.25) is 5.10 Å². The summed E-state index contributed by atoms with van der Waals surface area (Å²) in [5, 5.41) is 6.95. The zero-order valence-electron chi connectivity index (χ0n) is 7.51. The molecule has 0 aromatic carbocycles. The molecule has 0 radical (unpaired) electrons. The largest absolute Gasteiger partial charge is 0.330 e. The minimum absolute atomic E-state index is 0.616. The van der Waals surface area contributed by atoms with Crippen LogP contribution in [0.2, 0.25) is 0 Å². The fraction of sp³-hybridized carbons (Fsp3) is 0.750. The summed E-state index contributed by atoms with van der Waals surface area (Å²) in [4.78, 5) is 4.29. The molecule has 0 fully saturated rings. The molecule has 1 aromatic heterocycles. The van der Waals surface area contributed by atoms with Crippen molar-refractivity contribution in [3.8, 4) is 0 Å². The number of nitrogens with zero attached hydrogens (tertiary/aromatic N) is 2. The molecule has 0 spiro atoms. The van der Waals surface area contributed by atoms with E-state index in [1.807, 2.05) is 0 Å². The van der Waals surface area contributed by atoms with Gasteiger partial charge in [0.15, 0.2) is 5.82 Å². The Hall–Kier alpha value is -0.900. The molecule has 0 aliphatic heterocycles. The summed E-state index contributed by atoms with van der Waals surface area (Å²) in [5.41, 5.74) is 5.38. The Morgan fingerprint density at radius 2 is 2.25 bits per heavy atom. The van der Waals surface area contributed by atoms with Crippen molar-refractivity contribution in [1.82, 2.24) is 15.2 Å². The number of aromatic amines is 1. The van der Waals surface area contributed by atoms with E-state index in [0.717, 1.165) is 30.9 Å². The summed E-state index contributed by atoms with van der Waals surface area (Å²) < 4.78 is 0. The van der Waals surface area contributed by atoms with Crippen LogP contribution in [0, 0.1) is 0 Å². The molecular weight excluding hydrogens is 152 g/mol. The second kappa shape index (κ2) is 4.87. The molecular formula is C8H16N4. The van der Waals surface area contributed by atoms with Gasteiger partial charge in [-0.15, -0.1) is 0 Å². The van der Waals surface area contributed by atoms with Crippen LogP contribution < -0.4 is 5.73 Å². The van der Waals surface area contributed by atoms with Crippen molar-refractivity contribution in [3.63, 3.8) is 0 Å². The predicted molar refractivity (Wildman–Crippen MR) is 47.8 cm³/mol. The Morgan fingerprint density at radius 3 is 2.92 bits per heavy atom. The number of aromatic nitrogens is 3. The maximum atomic E-state index is 5.38. The molecule has 0 bridgehead atoms. The number of H-pyrrole nitrogens is 1. The number of rotatable bonds is 5. The average molecular weight is 168 g/mol. The Morgan fingerprint density at radius 1 is 1.42 bits per heavy atom. The molecule has 0 atom stereocenters. The fourth-order valence-electron chi connectivity index (χ4n) is 1.03. The molecule has 1 heterocycles. The lowest BCUT2D eigenvalue weighted by molar-refractivity contribution is 0.755. The van der Waals surface area contributed by atoms with Crippen LogP contribution in [0.3, 0.4) is 0 Å². The van der Waals surface area contributed by atoms with Gasteiger partial charge in [0.05, 0.1) is 0 Å². The van der Waals surface area contributed by atoms with Crippen LogP contribution in [0.1, 0.15) is 31.4 Å². The standard InChI is InChI=1S/C8H16N4/c1-2-3-4-7-10-8(5-6-9)12-11-7/h2-6,9H2,1H3,(H,10,11,12). The van der Waals surface area contributed by atoms with Crippen LogP contribution in [-0.4, -0.2) is 21.7 Å². The summed E-state index contributed by atoms with van der Waals surface area (Å²) in [6.07, 6.45) is 4.11. The molecule has 3 N–H and O–H groups in total. The number of hydrogen-bond acceptors (Lipinski definition) is 3. The minimum Gasteiger partial charge on any atom is -0.330 e. The van der Waals surface area contributed by atoms with E-state index in [1.165, 1.54) is 6.42 Å². The first-order valence-corrected chi connectivity index (χ1v) is 4.47. The van der Waals surface area contributed by atoms with Gasteiger partial charge in [0.25, 0.3) is 0 Å². The van der Waals surface area contributed by atoms with E-state index in [1.54, 1.807) is 0 Å². The number of unbranched alkanes of at least 4 members (excludes halogenated alkanes) is 1. The lowest BCUT2D eigenvalue weighted by Crippen LogP contribution is -2.04. The second-order valence-corrected chi connectivity index (χ2v) is 2.84. The Kier molecular flexibility index (Phi) is 3.73. The van der Waals surface area contributed by atoms with Gasteiger partial charge < -0.3 is 5.73 Å². The van der Waals surface area contributed by atoms with Crippen LogP contribution >= 0.6 is 0 Å². The Labute approximate surface area is 72.6 Å². The Balaban J connectivity index is 2.41. The molecule has 0 saturated carbocycles. The highest BCUT2D eigenvalue weighted by Gasteiger charge is 2.00. The molecule has 0 aliphatic rings. The van der Waals surface area contributed by atoms with Gasteiger partial charge in [-0.2, -0.15) is 5.10 Å². The summed E-state index contributed by atoms with van der Waals surface area (Å²) in [6.45, 7) is 2.78. The number of hydrogen-bond donors (Lipinski definition) is 2. The van der Waals surface area contributed by atoms with Crippen LogP contribution in [0.5, 0.6) is 0 Å². The van der Waals surface area contributed by atoms with Crippen molar-refractivity contribution < 1.29 is 0 Å². The van der Waals surface area contributed by atoms with Crippen LogP contribution in [0.15, 0.2) is 0 Å². The lowest BCUT2D eigenvalue weighted by Gasteiger charge is -1.90. The third-order valence-corrected chi connectivity index (χ3v) is 1.71. The van der Waals surface area contributed by atoms with E-state index in [4.69, 9.17) is 5.73 Å². The summed E-state index contributed by atoms with van der Waals surface area (Å²) in [5.74, 6) is 1.82. The van der Waals surface area contributed by atoms with Crippen LogP contribution in [-0.2, 0) is 12.8 Å². The minimum atomic E-state index is 0.616. The average Bonchev–Trinajstić information content (AvgIpc) is 2.50.